The Morgan fingerprint density at radius 3 is 2.79 bits per heavy atom. The lowest BCUT2D eigenvalue weighted by Gasteiger charge is -2.31. The molecule has 0 spiro atoms. The Balaban J connectivity index is 1.47. The van der Waals surface area contributed by atoms with Crippen LogP contribution in [0.2, 0.25) is 0 Å². The first-order valence-corrected chi connectivity index (χ1v) is 11.7. The Labute approximate surface area is 194 Å². The molecule has 2 N–H and O–H groups in total. The van der Waals surface area contributed by atoms with E-state index in [-0.39, 0.29) is 29.8 Å². The van der Waals surface area contributed by atoms with Crippen LogP contribution >= 0.6 is 11.3 Å². The van der Waals surface area contributed by atoms with Crippen LogP contribution in [-0.2, 0) is 16.1 Å². The first-order chi connectivity index (χ1) is 16.0. The zero-order chi connectivity index (χ0) is 23.4. The number of piperidine rings is 1. The number of fused-ring (bicyclic) bond motifs is 1. The highest BCUT2D eigenvalue weighted by molar-refractivity contribution is 7.22. The van der Waals surface area contributed by atoms with Gasteiger partial charge >= 0.3 is 0 Å². The topological polar surface area (TPSA) is 118 Å². The summed E-state index contributed by atoms with van der Waals surface area (Å²) >= 11 is 1.24. The van der Waals surface area contributed by atoms with Crippen molar-refractivity contribution in [1.82, 2.24) is 19.9 Å². The normalized spacial score (nSPS) is 15.9. The van der Waals surface area contributed by atoms with Gasteiger partial charge in [-0.25, -0.2) is 4.98 Å². The number of benzene rings is 1. The molecular formula is C22H26N6O4S. The number of hydrogen-bond acceptors (Lipinski definition) is 8. The Hall–Kier alpha value is -3.47. The quantitative estimate of drug-likeness (QED) is 0.541. The molecule has 1 unspecified atom stereocenters. The predicted molar refractivity (Wildman–Crippen MR) is 127 cm³/mol. The molecule has 10 nitrogen and oxygen atoms in total. The van der Waals surface area contributed by atoms with Crippen molar-refractivity contribution in [2.45, 2.75) is 26.3 Å². The number of carbonyl (C=O) groups excluding carboxylic acids is 2. The number of aromatic nitrogens is 3. The molecule has 174 valence electrons. The molecule has 1 saturated heterocycles. The van der Waals surface area contributed by atoms with Crippen molar-refractivity contribution < 1.29 is 14.3 Å². The molecule has 0 radical (unpaired) electrons. The molecule has 3 heterocycles. The first kappa shape index (κ1) is 22.7. The summed E-state index contributed by atoms with van der Waals surface area (Å²) in [6.45, 7) is 3.63. The lowest BCUT2D eigenvalue weighted by Crippen LogP contribution is -2.42. The van der Waals surface area contributed by atoms with Crippen molar-refractivity contribution in [3.05, 3.63) is 40.9 Å². The molecule has 1 aliphatic rings. The average molecular weight is 471 g/mol. The number of nitrogens with one attached hydrogen (secondary N) is 2. The highest BCUT2D eigenvalue weighted by Gasteiger charge is 2.27. The van der Waals surface area contributed by atoms with Crippen LogP contribution in [0, 0.1) is 5.92 Å². The molecule has 4 rings (SSSR count). The molecule has 1 atom stereocenters. The van der Waals surface area contributed by atoms with Crippen LogP contribution in [0.15, 0.2) is 35.4 Å². The molecule has 0 saturated carbocycles. The molecular weight excluding hydrogens is 444 g/mol. The van der Waals surface area contributed by atoms with Crippen molar-refractivity contribution in [2.75, 3.05) is 37.0 Å². The summed E-state index contributed by atoms with van der Waals surface area (Å²) in [6.07, 6.45) is 3.04. The molecule has 11 heteroatoms. The summed E-state index contributed by atoms with van der Waals surface area (Å²) in [5.74, 6) is 0.292. The van der Waals surface area contributed by atoms with Gasteiger partial charge in [0.15, 0.2) is 10.8 Å². The van der Waals surface area contributed by atoms with E-state index < -0.39 is 0 Å². The minimum atomic E-state index is -0.336. The Morgan fingerprint density at radius 2 is 2.06 bits per heavy atom. The molecule has 0 bridgehead atoms. The van der Waals surface area contributed by atoms with E-state index in [4.69, 9.17) is 4.74 Å². The largest absolute Gasteiger partial charge is 0.494 e. The minimum absolute atomic E-state index is 0.0137. The van der Waals surface area contributed by atoms with Crippen molar-refractivity contribution >= 4 is 44.3 Å². The SMILES string of the molecule is CCOc1ccc(NC(=O)Cn2cnc3nc(N4CCCC(C(=O)NC)C4)sc3c2=O)cc1. The van der Waals surface area contributed by atoms with E-state index in [1.54, 1.807) is 31.3 Å². The van der Waals surface area contributed by atoms with E-state index in [0.717, 1.165) is 25.1 Å². The zero-order valence-electron chi connectivity index (χ0n) is 18.5. The van der Waals surface area contributed by atoms with E-state index in [0.29, 0.717) is 34.3 Å². The van der Waals surface area contributed by atoms with E-state index in [1.807, 2.05) is 11.8 Å². The van der Waals surface area contributed by atoms with Crippen molar-refractivity contribution in [3.63, 3.8) is 0 Å². The Kier molecular flexibility index (Phi) is 6.87. The fourth-order valence-electron chi connectivity index (χ4n) is 3.81. The van der Waals surface area contributed by atoms with Crippen LogP contribution in [0.1, 0.15) is 19.8 Å². The summed E-state index contributed by atoms with van der Waals surface area (Å²) in [5.41, 5.74) is 0.650. The highest BCUT2D eigenvalue weighted by Crippen LogP contribution is 2.29. The molecule has 33 heavy (non-hydrogen) atoms. The second-order valence-electron chi connectivity index (χ2n) is 7.73. The first-order valence-electron chi connectivity index (χ1n) is 10.8. The number of amides is 2. The second kappa shape index (κ2) is 9.99. The van der Waals surface area contributed by atoms with Gasteiger partial charge in [0.2, 0.25) is 11.8 Å². The zero-order valence-corrected chi connectivity index (χ0v) is 19.4. The smallest absolute Gasteiger partial charge is 0.273 e. The summed E-state index contributed by atoms with van der Waals surface area (Å²) in [5, 5.41) is 6.14. The van der Waals surface area contributed by atoms with E-state index in [2.05, 4.69) is 20.6 Å². The van der Waals surface area contributed by atoms with Crippen molar-refractivity contribution in [2.24, 2.45) is 5.92 Å². The van der Waals surface area contributed by atoms with Crippen LogP contribution in [0.4, 0.5) is 10.8 Å². The van der Waals surface area contributed by atoms with Gasteiger partial charge in [0, 0.05) is 25.8 Å². The lowest BCUT2D eigenvalue weighted by molar-refractivity contribution is -0.124. The molecule has 2 aromatic heterocycles. The van der Waals surface area contributed by atoms with E-state index in [1.165, 1.54) is 22.2 Å². The fourth-order valence-corrected chi connectivity index (χ4v) is 4.81. The van der Waals surface area contributed by atoms with Crippen LogP contribution in [0.25, 0.3) is 10.3 Å². The third-order valence-electron chi connectivity index (χ3n) is 5.44. The molecule has 3 aromatic rings. The maximum Gasteiger partial charge on any atom is 0.273 e. The van der Waals surface area contributed by atoms with E-state index in [9.17, 15) is 14.4 Å². The van der Waals surface area contributed by atoms with Crippen LogP contribution < -0.4 is 25.8 Å². The van der Waals surface area contributed by atoms with E-state index >= 15 is 0 Å². The fraction of sp³-hybridized carbons (Fsp3) is 0.409. The summed E-state index contributed by atoms with van der Waals surface area (Å²) in [6, 6.07) is 7.03. The van der Waals surface area contributed by atoms with Gasteiger partial charge in [-0.1, -0.05) is 11.3 Å². The summed E-state index contributed by atoms with van der Waals surface area (Å²) in [4.78, 5) is 48.3. The number of anilines is 2. The van der Waals surface area contributed by atoms with Crippen LogP contribution in [-0.4, -0.2) is 53.1 Å². The number of hydrogen-bond donors (Lipinski definition) is 2. The Morgan fingerprint density at radius 1 is 1.27 bits per heavy atom. The van der Waals surface area contributed by atoms with Crippen LogP contribution in [0.3, 0.4) is 0 Å². The van der Waals surface area contributed by atoms with Crippen LogP contribution in [0.5, 0.6) is 5.75 Å². The molecule has 1 aromatic carbocycles. The van der Waals surface area contributed by atoms with Gasteiger partial charge in [0.05, 0.1) is 12.5 Å². The number of carbonyl (C=O) groups is 2. The van der Waals surface area contributed by atoms with Gasteiger partial charge in [0.25, 0.3) is 5.56 Å². The number of rotatable bonds is 7. The average Bonchev–Trinajstić information content (AvgIpc) is 3.27. The standard InChI is InChI=1S/C22H26N6O4S/c1-3-32-16-8-6-15(7-9-16)25-17(29)12-28-13-24-19-18(21(28)31)33-22(26-19)27-10-4-5-14(11-27)20(30)23-2/h6-9,13-14H,3-5,10-12H2,1-2H3,(H,23,30)(H,25,29). The van der Waals surface area contributed by atoms with Gasteiger partial charge < -0.3 is 20.3 Å². The maximum absolute atomic E-state index is 13.0. The minimum Gasteiger partial charge on any atom is -0.494 e. The monoisotopic (exact) mass is 470 g/mol. The van der Waals surface area contributed by atoms with Gasteiger partial charge in [-0.2, -0.15) is 4.98 Å². The predicted octanol–water partition coefficient (Wildman–Crippen LogP) is 1.85. The Bertz CT molecular complexity index is 1210. The maximum atomic E-state index is 13.0. The highest BCUT2D eigenvalue weighted by atomic mass is 32.1. The third kappa shape index (κ3) is 5.14. The molecule has 2 amide bonds. The molecule has 1 fully saturated rings. The van der Waals surface area contributed by atoms with Crippen molar-refractivity contribution in [1.29, 1.82) is 0 Å². The third-order valence-corrected chi connectivity index (χ3v) is 6.54. The van der Waals surface area contributed by atoms with Gasteiger partial charge in [-0.3, -0.25) is 19.0 Å². The lowest BCUT2D eigenvalue weighted by atomic mass is 9.98. The molecule has 0 aliphatic carbocycles. The number of nitrogens with zero attached hydrogens (tertiary/aromatic N) is 4. The van der Waals surface area contributed by atoms with Crippen molar-refractivity contribution in [3.8, 4) is 5.75 Å². The van der Waals surface area contributed by atoms with Gasteiger partial charge in [0.1, 0.15) is 23.3 Å². The molecule has 1 aliphatic heterocycles. The van der Waals surface area contributed by atoms with Gasteiger partial charge in [-0.05, 0) is 44.0 Å². The summed E-state index contributed by atoms with van der Waals surface area (Å²) in [7, 11) is 1.64. The second-order valence-corrected chi connectivity index (χ2v) is 8.71. The summed E-state index contributed by atoms with van der Waals surface area (Å²) < 4.78 is 7.06. The number of thiazole rings is 1. The van der Waals surface area contributed by atoms with Gasteiger partial charge in [-0.15, -0.1) is 0 Å². The number of ether oxygens (including phenoxy) is 1.